The van der Waals surface area contributed by atoms with E-state index in [9.17, 15) is 13.5 Å². The van der Waals surface area contributed by atoms with E-state index in [-0.39, 0.29) is 18.1 Å². The molecule has 8 heteroatoms. The van der Waals surface area contributed by atoms with Crippen molar-refractivity contribution in [3.8, 4) is 5.75 Å². The summed E-state index contributed by atoms with van der Waals surface area (Å²) in [5.74, 6) is 0.758. The van der Waals surface area contributed by atoms with Crippen LogP contribution in [0.2, 0.25) is 0 Å². The minimum absolute atomic E-state index is 0.0182. The average Bonchev–Trinajstić information content (AvgIpc) is 3.10. The molecule has 1 spiro atoms. The molecule has 0 bridgehead atoms. The van der Waals surface area contributed by atoms with Crippen molar-refractivity contribution in [1.82, 2.24) is 14.2 Å². The van der Waals surface area contributed by atoms with Gasteiger partial charge >= 0.3 is 0 Å². The number of aliphatic hydroxyl groups excluding tert-OH is 1. The van der Waals surface area contributed by atoms with Crippen molar-refractivity contribution in [1.29, 1.82) is 0 Å². The first kappa shape index (κ1) is 20.5. The quantitative estimate of drug-likeness (QED) is 0.634. The van der Waals surface area contributed by atoms with Gasteiger partial charge in [0.1, 0.15) is 5.75 Å². The number of aromatic nitrogens is 1. The van der Waals surface area contributed by atoms with E-state index >= 15 is 0 Å². The third-order valence-corrected chi connectivity index (χ3v) is 7.87. The lowest BCUT2D eigenvalue weighted by Crippen LogP contribution is -2.67. The Bertz CT molecular complexity index is 1220. The normalized spacial score (nSPS) is 21.2. The monoisotopic (exact) mass is 441 g/mol. The predicted octanol–water partition coefficient (Wildman–Crippen LogP) is 2.24. The molecule has 1 saturated heterocycles. The summed E-state index contributed by atoms with van der Waals surface area (Å²) in [7, 11) is -1.61. The van der Waals surface area contributed by atoms with Gasteiger partial charge in [0.15, 0.2) is 0 Å². The SMILES string of the molecule is COc1ccc2c3c([nH]c2c1)[C@@H](CO)N(Cc1ccccc1)CC31CN(S(C)(=O)=O)C1. The molecule has 2 aliphatic heterocycles. The van der Waals surface area contributed by atoms with Crippen LogP contribution in [0, 0.1) is 0 Å². The molecule has 7 nitrogen and oxygen atoms in total. The zero-order valence-corrected chi connectivity index (χ0v) is 18.5. The molecule has 0 unspecified atom stereocenters. The summed E-state index contributed by atoms with van der Waals surface area (Å²) in [5, 5.41) is 11.4. The van der Waals surface area contributed by atoms with Crippen molar-refractivity contribution < 1.29 is 18.3 Å². The van der Waals surface area contributed by atoms with Gasteiger partial charge in [-0.05, 0) is 23.3 Å². The lowest BCUT2D eigenvalue weighted by molar-refractivity contribution is 0.0260. The number of nitrogens with zero attached hydrogens (tertiary/aromatic N) is 2. The highest BCUT2D eigenvalue weighted by Gasteiger charge is 2.54. The highest BCUT2D eigenvalue weighted by molar-refractivity contribution is 7.88. The zero-order chi connectivity index (χ0) is 21.8. The fourth-order valence-corrected chi connectivity index (χ4v) is 6.18. The lowest BCUT2D eigenvalue weighted by atomic mass is 9.70. The van der Waals surface area contributed by atoms with Crippen LogP contribution in [0.4, 0.5) is 0 Å². The molecule has 5 rings (SSSR count). The third kappa shape index (κ3) is 3.34. The van der Waals surface area contributed by atoms with E-state index in [4.69, 9.17) is 4.74 Å². The Morgan fingerprint density at radius 3 is 2.55 bits per heavy atom. The maximum atomic E-state index is 12.2. The lowest BCUT2D eigenvalue weighted by Gasteiger charge is -2.55. The van der Waals surface area contributed by atoms with E-state index in [1.54, 1.807) is 11.4 Å². The number of rotatable bonds is 5. The number of methoxy groups -OCH3 is 1. The van der Waals surface area contributed by atoms with E-state index < -0.39 is 10.0 Å². The molecular formula is C23H27N3O4S. The molecule has 0 amide bonds. The zero-order valence-electron chi connectivity index (χ0n) is 17.7. The molecule has 1 aromatic heterocycles. The standard InChI is InChI=1S/C23H27N3O4S/c1-30-17-8-9-18-19(10-17)24-22-20(12-27)25(11-16-6-4-3-5-7-16)13-23(21(18)22)14-26(15-23)31(2,28)29/h3-10,20,24,27H,11-15H2,1-2H3/t20-/m1/s1. The molecule has 1 atom stereocenters. The van der Waals surface area contributed by atoms with Gasteiger partial charge in [0.05, 0.1) is 26.0 Å². The summed E-state index contributed by atoms with van der Waals surface area (Å²) in [6.45, 7) is 2.24. The van der Waals surface area contributed by atoms with Crippen molar-refractivity contribution >= 4 is 20.9 Å². The Morgan fingerprint density at radius 2 is 1.90 bits per heavy atom. The number of aliphatic hydroxyl groups is 1. The van der Waals surface area contributed by atoms with Crippen molar-refractivity contribution in [2.45, 2.75) is 18.0 Å². The summed E-state index contributed by atoms with van der Waals surface area (Å²) < 4.78 is 31.3. The number of nitrogens with one attached hydrogen (secondary N) is 1. The smallest absolute Gasteiger partial charge is 0.211 e. The fourth-order valence-electron chi connectivity index (χ4n) is 5.22. The van der Waals surface area contributed by atoms with E-state index in [1.807, 2.05) is 36.4 Å². The number of benzene rings is 2. The predicted molar refractivity (Wildman–Crippen MR) is 120 cm³/mol. The number of hydrogen-bond acceptors (Lipinski definition) is 5. The van der Waals surface area contributed by atoms with Gasteiger partial charge in [-0.15, -0.1) is 0 Å². The molecular weight excluding hydrogens is 414 g/mol. The fraction of sp³-hybridized carbons (Fsp3) is 0.391. The Kier molecular flexibility index (Phi) is 4.86. The van der Waals surface area contributed by atoms with Gasteiger partial charge in [-0.25, -0.2) is 12.7 Å². The molecule has 2 N–H and O–H groups in total. The van der Waals surface area contributed by atoms with Gasteiger partial charge in [0.25, 0.3) is 0 Å². The molecule has 164 valence electrons. The first-order valence-electron chi connectivity index (χ1n) is 10.4. The van der Waals surface area contributed by atoms with E-state index in [0.717, 1.165) is 33.5 Å². The summed E-state index contributed by atoms with van der Waals surface area (Å²) >= 11 is 0. The number of hydrogen-bond donors (Lipinski definition) is 2. The Morgan fingerprint density at radius 1 is 1.16 bits per heavy atom. The van der Waals surface area contributed by atoms with Gasteiger partial charge in [-0.3, -0.25) is 4.90 Å². The van der Waals surface area contributed by atoms with Crippen LogP contribution in [0.1, 0.15) is 22.9 Å². The second-order valence-electron chi connectivity index (χ2n) is 8.73. The van der Waals surface area contributed by atoms with Crippen molar-refractivity contribution in [2.75, 3.05) is 39.6 Å². The van der Waals surface area contributed by atoms with Crippen molar-refractivity contribution in [3.05, 3.63) is 65.4 Å². The van der Waals surface area contributed by atoms with E-state index in [2.05, 4.69) is 22.0 Å². The summed E-state index contributed by atoms with van der Waals surface area (Å²) in [6, 6.07) is 15.9. The Balaban J connectivity index is 1.63. The maximum Gasteiger partial charge on any atom is 0.211 e. The Labute approximate surface area is 182 Å². The largest absolute Gasteiger partial charge is 0.497 e. The highest BCUT2D eigenvalue weighted by Crippen LogP contribution is 2.49. The molecule has 2 aromatic carbocycles. The van der Waals surface area contributed by atoms with E-state index in [1.165, 1.54) is 6.26 Å². The number of H-pyrrole nitrogens is 1. The average molecular weight is 442 g/mol. The molecule has 1 fully saturated rings. The van der Waals surface area contributed by atoms with Crippen LogP contribution in [0.3, 0.4) is 0 Å². The minimum atomic E-state index is -3.25. The molecule has 0 aliphatic carbocycles. The molecule has 3 heterocycles. The Hall–Kier alpha value is -2.39. The van der Waals surface area contributed by atoms with Crippen molar-refractivity contribution in [3.63, 3.8) is 0 Å². The van der Waals surface area contributed by atoms with Crippen LogP contribution in [-0.2, 0) is 22.0 Å². The minimum Gasteiger partial charge on any atom is -0.497 e. The maximum absolute atomic E-state index is 12.2. The van der Waals surface area contributed by atoms with Crippen LogP contribution in [0.15, 0.2) is 48.5 Å². The summed E-state index contributed by atoms with van der Waals surface area (Å²) in [6.07, 6.45) is 1.27. The molecule has 0 radical (unpaired) electrons. The summed E-state index contributed by atoms with van der Waals surface area (Å²) in [5.41, 5.74) is 3.90. The van der Waals surface area contributed by atoms with Crippen LogP contribution < -0.4 is 4.74 Å². The number of fused-ring (bicyclic) bond motifs is 4. The van der Waals surface area contributed by atoms with Gasteiger partial charge in [-0.2, -0.15) is 0 Å². The molecule has 3 aromatic rings. The first-order valence-corrected chi connectivity index (χ1v) is 12.2. The van der Waals surface area contributed by atoms with Crippen molar-refractivity contribution in [2.24, 2.45) is 0 Å². The second kappa shape index (κ2) is 7.34. The van der Waals surface area contributed by atoms with Crippen LogP contribution in [-0.4, -0.2) is 67.3 Å². The summed E-state index contributed by atoms with van der Waals surface area (Å²) in [4.78, 5) is 5.80. The van der Waals surface area contributed by atoms with Crippen LogP contribution in [0.5, 0.6) is 5.75 Å². The highest BCUT2D eigenvalue weighted by atomic mass is 32.2. The number of aromatic amines is 1. The molecule has 31 heavy (non-hydrogen) atoms. The molecule has 0 saturated carbocycles. The van der Waals surface area contributed by atoms with Gasteiger partial charge in [-0.1, -0.05) is 30.3 Å². The van der Waals surface area contributed by atoms with Crippen LogP contribution in [0.25, 0.3) is 10.9 Å². The second-order valence-corrected chi connectivity index (χ2v) is 10.7. The number of ether oxygens (including phenoxy) is 1. The topological polar surface area (TPSA) is 85.9 Å². The van der Waals surface area contributed by atoms with Gasteiger partial charge in [0, 0.05) is 54.3 Å². The van der Waals surface area contributed by atoms with Gasteiger partial charge in [0.2, 0.25) is 10.0 Å². The number of sulfonamides is 1. The third-order valence-electron chi connectivity index (χ3n) is 6.67. The van der Waals surface area contributed by atoms with Crippen LogP contribution >= 0.6 is 0 Å². The van der Waals surface area contributed by atoms with Gasteiger partial charge < -0.3 is 14.8 Å². The first-order chi connectivity index (χ1) is 14.8. The molecule has 2 aliphatic rings. The van der Waals surface area contributed by atoms with E-state index in [0.29, 0.717) is 26.2 Å².